The molecule has 0 aromatic heterocycles. The van der Waals surface area contributed by atoms with E-state index in [-0.39, 0.29) is 11.6 Å². The smallest absolute Gasteiger partial charge is 0.272 e. The predicted octanol–water partition coefficient (Wildman–Crippen LogP) is 5.06. The van der Waals surface area contributed by atoms with E-state index in [1.165, 1.54) is 0 Å². The van der Waals surface area contributed by atoms with E-state index in [1.54, 1.807) is 54.6 Å². The number of nitrogens with one attached hydrogen (secondary N) is 2. The van der Waals surface area contributed by atoms with E-state index >= 15 is 0 Å². The van der Waals surface area contributed by atoms with E-state index in [4.69, 9.17) is 11.6 Å². The second kappa shape index (κ2) is 9.02. The average Bonchev–Trinajstić information content (AvgIpc) is 2.71. The molecule has 0 aliphatic carbocycles. The molecule has 0 bridgehead atoms. The molecule has 3 aromatic rings. The zero-order valence-corrected chi connectivity index (χ0v) is 16.0. The molecule has 2 N–H and O–H groups in total. The summed E-state index contributed by atoms with van der Waals surface area (Å²) < 4.78 is 0. The maximum atomic E-state index is 12.9. The van der Waals surface area contributed by atoms with Crippen LogP contribution in [0.4, 0.5) is 5.69 Å². The van der Waals surface area contributed by atoms with Crippen molar-refractivity contribution in [1.82, 2.24) is 5.32 Å². The van der Waals surface area contributed by atoms with Gasteiger partial charge in [-0.05, 0) is 48.4 Å². The molecule has 0 saturated carbocycles. The number of anilines is 1. The van der Waals surface area contributed by atoms with Gasteiger partial charge in [0.05, 0.1) is 0 Å². The lowest BCUT2D eigenvalue weighted by atomic mass is 10.1. The van der Waals surface area contributed by atoms with Gasteiger partial charge in [0.25, 0.3) is 11.8 Å². The number of carbonyl (C=O) groups excluding carboxylic acids is 2. The zero-order valence-electron chi connectivity index (χ0n) is 15.3. The Morgan fingerprint density at radius 1 is 0.857 bits per heavy atom. The third kappa shape index (κ3) is 4.87. The highest BCUT2D eigenvalue weighted by Crippen LogP contribution is 2.19. The van der Waals surface area contributed by atoms with Crippen molar-refractivity contribution >= 4 is 35.2 Å². The molecule has 0 saturated heterocycles. The van der Waals surface area contributed by atoms with Crippen LogP contribution in [0.1, 0.15) is 21.5 Å². The Morgan fingerprint density at radius 3 is 2.21 bits per heavy atom. The third-order valence-electron chi connectivity index (χ3n) is 4.13. The van der Waals surface area contributed by atoms with Crippen LogP contribution in [-0.4, -0.2) is 11.8 Å². The molecule has 28 heavy (non-hydrogen) atoms. The number of amides is 2. The van der Waals surface area contributed by atoms with Crippen LogP contribution in [0.25, 0.3) is 6.08 Å². The molecule has 4 nitrogen and oxygen atoms in total. The van der Waals surface area contributed by atoms with Crippen LogP contribution in [0, 0.1) is 6.92 Å². The number of hydrogen-bond acceptors (Lipinski definition) is 2. The summed E-state index contributed by atoms with van der Waals surface area (Å²) >= 11 is 6.22. The molecule has 5 heteroatoms. The monoisotopic (exact) mass is 390 g/mol. The van der Waals surface area contributed by atoms with E-state index < -0.39 is 5.91 Å². The first kappa shape index (κ1) is 19.4. The standard InChI is InChI=1S/C23H19ClN2O2/c1-16-9-5-8-14-20(16)25-23(28)21(15-18-12-6-7-13-19(18)24)26-22(27)17-10-3-2-4-11-17/h2-15H,1H3,(H,25,28)(H,26,27). The van der Waals surface area contributed by atoms with Gasteiger partial charge in [-0.1, -0.05) is 66.2 Å². The fourth-order valence-corrected chi connectivity index (χ4v) is 2.78. The predicted molar refractivity (Wildman–Crippen MR) is 113 cm³/mol. The second-order valence-corrected chi connectivity index (χ2v) is 6.58. The van der Waals surface area contributed by atoms with Gasteiger partial charge in [-0.2, -0.15) is 0 Å². The summed E-state index contributed by atoms with van der Waals surface area (Å²) in [5, 5.41) is 6.03. The Bertz CT molecular complexity index is 1030. The number of para-hydroxylation sites is 1. The van der Waals surface area contributed by atoms with Crippen LogP contribution in [0.3, 0.4) is 0 Å². The van der Waals surface area contributed by atoms with Gasteiger partial charge >= 0.3 is 0 Å². The first-order chi connectivity index (χ1) is 13.5. The molecule has 0 heterocycles. The molecular formula is C23H19ClN2O2. The minimum atomic E-state index is -0.432. The van der Waals surface area contributed by atoms with E-state index in [9.17, 15) is 9.59 Å². The molecule has 0 atom stereocenters. The molecule has 3 rings (SSSR count). The molecular weight excluding hydrogens is 372 g/mol. The van der Waals surface area contributed by atoms with Gasteiger partial charge in [0.15, 0.2) is 0 Å². The Balaban J connectivity index is 1.92. The lowest BCUT2D eigenvalue weighted by molar-refractivity contribution is -0.113. The molecule has 0 radical (unpaired) electrons. The molecule has 0 unspecified atom stereocenters. The first-order valence-electron chi connectivity index (χ1n) is 8.74. The normalized spacial score (nSPS) is 11.0. The van der Waals surface area contributed by atoms with Crippen molar-refractivity contribution in [3.8, 4) is 0 Å². The van der Waals surface area contributed by atoms with Crippen LogP contribution in [0.15, 0.2) is 84.6 Å². The van der Waals surface area contributed by atoms with Crippen LogP contribution in [0.2, 0.25) is 5.02 Å². The van der Waals surface area contributed by atoms with Crippen molar-refractivity contribution in [1.29, 1.82) is 0 Å². The van der Waals surface area contributed by atoms with Gasteiger partial charge in [0, 0.05) is 16.3 Å². The minimum absolute atomic E-state index is 0.102. The van der Waals surface area contributed by atoms with Gasteiger partial charge in [0.1, 0.15) is 5.70 Å². The van der Waals surface area contributed by atoms with E-state index in [0.717, 1.165) is 5.56 Å². The fourth-order valence-electron chi connectivity index (χ4n) is 2.59. The average molecular weight is 391 g/mol. The topological polar surface area (TPSA) is 58.2 Å². The highest BCUT2D eigenvalue weighted by Gasteiger charge is 2.16. The van der Waals surface area contributed by atoms with E-state index in [1.807, 2.05) is 37.3 Å². The van der Waals surface area contributed by atoms with Crippen molar-refractivity contribution in [2.75, 3.05) is 5.32 Å². The quantitative estimate of drug-likeness (QED) is 0.598. The summed E-state index contributed by atoms with van der Waals surface area (Å²) in [5.41, 5.74) is 2.78. The Morgan fingerprint density at radius 2 is 1.50 bits per heavy atom. The molecule has 140 valence electrons. The maximum absolute atomic E-state index is 12.9. The molecule has 2 amide bonds. The summed E-state index contributed by atoms with van der Waals surface area (Å²) in [7, 11) is 0. The summed E-state index contributed by atoms with van der Waals surface area (Å²) in [6.07, 6.45) is 1.57. The lowest BCUT2D eigenvalue weighted by Gasteiger charge is -2.13. The number of carbonyl (C=O) groups is 2. The number of halogens is 1. The second-order valence-electron chi connectivity index (χ2n) is 6.17. The van der Waals surface area contributed by atoms with Crippen molar-refractivity contribution in [2.45, 2.75) is 6.92 Å². The van der Waals surface area contributed by atoms with Crippen molar-refractivity contribution in [3.63, 3.8) is 0 Å². The zero-order chi connectivity index (χ0) is 19.9. The maximum Gasteiger partial charge on any atom is 0.272 e. The van der Waals surface area contributed by atoms with Gasteiger partial charge in [-0.25, -0.2) is 0 Å². The van der Waals surface area contributed by atoms with E-state index in [2.05, 4.69) is 10.6 Å². The number of hydrogen-bond donors (Lipinski definition) is 2. The Hall–Kier alpha value is -3.37. The third-order valence-corrected chi connectivity index (χ3v) is 4.47. The summed E-state index contributed by atoms with van der Waals surface area (Å²) in [6.45, 7) is 1.90. The van der Waals surface area contributed by atoms with Crippen LogP contribution in [-0.2, 0) is 4.79 Å². The van der Waals surface area contributed by atoms with Crippen molar-refractivity contribution in [3.05, 3.63) is 106 Å². The first-order valence-corrected chi connectivity index (χ1v) is 9.12. The van der Waals surface area contributed by atoms with Crippen LogP contribution in [0.5, 0.6) is 0 Å². The summed E-state index contributed by atoms with van der Waals surface area (Å²) in [5.74, 6) is -0.808. The number of rotatable bonds is 5. The Labute approximate surface area is 168 Å². The fraction of sp³-hybridized carbons (Fsp3) is 0.0435. The number of benzene rings is 3. The van der Waals surface area contributed by atoms with E-state index in [0.29, 0.717) is 21.8 Å². The SMILES string of the molecule is Cc1ccccc1NC(=O)C(=Cc1ccccc1Cl)NC(=O)c1ccccc1. The Kier molecular flexibility index (Phi) is 6.25. The molecule has 0 fully saturated rings. The molecule has 0 aliphatic rings. The van der Waals surface area contributed by atoms with Crippen molar-refractivity contribution in [2.24, 2.45) is 0 Å². The highest BCUT2D eigenvalue weighted by atomic mass is 35.5. The lowest BCUT2D eigenvalue weighted by Crippen LogP contribution is -2.30. The summed E-state index contributed by atoms with van der Waals surface area (Å²) in [6, 6.07) is 23.3. The van der Waals surface area contributed by atoms with Crippen LogP contribution >= 0.6 is 11.6 Å². The van der Waals surface area contributed by atoms with Crippen LogP contribution < -0.4 is 10.6 Å². The summed E-state index contributed by atoms with van der Waals surface area (Å²) in [4.78, 5) is 25.5. The highest BCUT2D eigenvalue weighted by molar-refractivity contribution is 6.32. The molecule has 3 aromatic carbocycles. The van der Waals surface area contributed by atoms with Crippen molar-refractivity contribution < 1.29 is 9.59 Å². The van der Waals surface area contributed by atoms with Gasteiger partial charge in [-0.3, -0.25) is 9.59 Å². The molecule has 0 spiro atoms. The van der Waals surface area contributed by atoms with Gasteiger partial charge in [-0.15, -0.1) is 0 Å². The largest absolute Gasteiger partial charge is 0.320 e. The van der Waals surface area contributed by atoms with Gasteiger partial charge < -0.3 is 10.6 Å². The number of aryl methyl sites for hydroxylation is 1. The van der Waals surface area contributed by atoms with Gasteiger partial charge in [0.2, 0.25) is 0 Å². The molecule has 0 aliphatic heterocycles. The minimum Gasteiger partial charge on any atom is -0.320 e.